The third kappa shape index (κ3) is 3.60. The molecule has 26 heavy (non-hydrogen) atoms. The van der Waals surface area contributed by atoms with Gasteiger partial charge >= 0.3 is 0 Å². The smallest absolute Gasteiger partial charge is 0.111 e. The number of benzene rings is 3. The summed E-state index contributed by atoms with van der Waals surface area (Å²) in [6.45, 7) is 0.718. The fraction of sp³-hybridized carbons (Fsp3) is 0.0476. The van der Waals surface area contributed by atoms with E-state index in [1.54, 1.807) is 0 Å². The molecule has 2 N–H and O–H groups in total. The van der Waals surface area contributed by atoms with Crippen LogP contribution in [-0.4, -0.2) is 4.98 Å². The molecule has 0 spiro atoms. The largest absolute Gasteiger partial charge is 0.379 e. The van der Waals surface area contributed by atoms with Gasteiger partial charge in [-0.05, 0) is 35.9 Å². The maximum Gasteiger partial charge on any atom is 0.111 e. The van der Waals surface area contributed by atoms with Gasteiger partial charge in [0.1, 0.15) is 5.69 Å². The van der Waals surface area contributed by atoms with Gasteiger partial charge in [-0.1, -0.05) is 54.1 Å². The van der Waals surface area contributed by atoms with E-state index in [4.69, 9.17) is 11.6 Å². The molecule has 0 saturated heterocycles. The van der Waals surface area contributed by atoms with Crippen molar-refractivity contribution in [2.75, 3.05) is 5.32 Å². The maximum atomic E-state index is 5.94. The van der Waals surface area contributed by atoms with Crippen molar-refractivity contribution in [2.45, 2.75) is 6.54 Å². The Labute approximate surface area is 156 Å². The van der Waals surface area contributed by atoms with E-state index in [2.05, 4.69) is 20.5 Å². The molecule has 0 amide bonds. The highest BCUT2D eigenvalue weighted by Crippen LogP contribution is 2.32. The molecule has 0 aliphatic rings. The Bertz CT molecular complexity index is 1040. The second kappa shape index (κ2) is 7.42. The molecule has 0 aliphatic carbocycles. The van der Waals surface area contributed by atoms with Crippen LogP contribution in [0.1, 0.15) is 5.56 Å². The minimum Gasteiger partial charge on any atom is -0.379 e. The summed E-state index contributed by atoms with van der Waals surface area (Å²) >= 11 is 5.94. The van der Waals surface area contributed by atoms with Gasteiger partial charge in [0.2, 0.25) is 0 Å². The van der Waals surface area contributed by atoms with Crippen LogP contribution in [0.5, 0.6) is 0 Å². The fourth-order valence-electron chi connectivity index (χ4n) is 2.78. The van der Waals surface area contributed by atoms with Crippen LogP contribution in [0.15, 0.2) is 89.2 Å². The van der Waals surface area contributed by atoms with Gasteiger partial charge in [-0.25, -0.2) is 0 Å². The Morgan fingerprint density at radius 3 is 2.46 bits per heavy atom. The van der Waals surface area contributed by atoms with Gasteiger partial charge < -0.3 is 10.3 Å². The lowest BCUT2D eigenvalue weighted by molar-refractivity contribution is 1.15. The lowest BCUT2D eigenvalue weighted by Crippen LogP contribution is -1.99. The van der Waals surface area contributed by atoms with E-state index in [0.717, 1.165) is 39.5 Å². The lowest BCUT2D eigenvalue weighted by Gasteiger charge is -2.08. The van der Waals surface area contributed by atoms with Crippen LogP contribution in [0.2, 0.25) is 5.02 Å². The van der Waals surface area contributed by atoms with Crippen LogP contribution >= 0.6 is 11.6 Å². The number of anilines is 1. The summed E-state index contributed by atoms with van der Waals surface area (Å²) in [4.78, 5) is 3.30. The number of para-hydroxylation sites is 1. The molecule has 0 aliphatic heterocycles. The highest BCUT2D eigenvalue weighted by atomic mass is 35.5. The first-order valence-electron chi connectivity index (χ1n) is 8.35. The van der Waals surface area contributed by atoms with E-state index < -0.39 is 0 Å². The molecule has 1 aromatic heterocycles. The molecule has 0 fully saturated rings. The summed E-state index contributed by atoms with van der Waals surface area (Å²) in [7, 11) is 0. The number of halogens is 1. The van der Waals surface area contributed by atoms with Gasteiger partial charge in [0.05, 0.1) is 16.9 Å². The SMILES string of the molecule is Clc1ccc(CNc2cccc3c(/N=N/c4ccccc4)c[nH]c23)cc1. The van der Waals surface area contributed by atoms with Crippen molar-refractivity contribution in [2.24, 2.45) is 10.2 Å². The molecule has 1 heterocycles. The molecular weight excluding hydrogens is 344 g/mol. The summed E-state index contributed by atoms with van der Waals surface area (Å²) in [6.07, 6.45) is 1.88. The highest BCUT2D eigenvalue weighted by Gasteiger charge is 2.07. The number of fused-ring (bicyclic) bond motifs is 1. The molecule has 0 atom stereocenters. The maximum absolute atomic E-state index is 5.94. The number of hydrogen-bond donors (Lipinski definition) is 2. The summed E-state index contributed by atoms with van der Waals surface area (Å²) in [6, 6.07) is 23.6. The van der Waals surface area contributed by atoms with Gasteiger partial charge in [0.25, 0.3) is 0 Å². The molecule has 0 radical (unpaired) electrons. The Kier molecular flexibility index (Phi) is 4.67. The number of H-pyrrole nitrogens is 1. The van der Waals surface area contributed by atoms with Crippen molar-refractivity contribution in [3.63, 3.8) is 0 Å². The van der Waals surface area contributed by atoms with Gasteiger partial charge in [-0.3, -0.25) is 0 Å². The number of aromatic amines is 1. The Hall–Kier alpha value is -3.11. The zero-order valence-electron chi connectivity index (χ0n) is 14.0. The zero-order valence-corrected chi connectivity index (χ0v) is 14.7. The third-order valence-corrected chi connectivity index (χ3v) is 4.37. The van der Waals surface area contributed by atoms with E-state index in [9.17, 15) is 0 Å². The predicted molar refractivity (Wildman–Crippen MR) is 108 cm³/mol. The van der Waals surface area contributed by atoms with Crippen molar-refractivity contribution >= 4 is 39.6 Å². The van der Waals surface area contributed by atoms with E-state index in [0.29, 0.717) is 0 Å². The minimum absolute atomic E-state index is 0.718. The molecule has 4 rings (SSSR count). The summed E-state index contributed by atoms with van der Waals surface area (Å²) in [5, 5.41) is 13.9. The Morgan fingerprint density at radius 2 is 1.65 bits per heavy atom. The average Bonchev–Trinajstić information content (AvgIpc) is 3.10. The summed E-state index contributed by atoms with van der Waals surface area (Å²) in [5.74, 6) is 0. The second-order valence-electron chi connectivity index (χ2n) is 5.92. The van der Waals surface area contributed by atoms with Gasteiger partial charge in [0.15, 0.2) is 0 Å². The first-order valence-corrected chi connectivity index (χ1v) is 8.72. The molecule has 128 valence electrons. The lowest BCUT2D eigenvalue weighted by atomic mass is 10.2. The number of rotatable bonds is 5. The van der Waals surface area contributed by atoms with Crippen LogP contribution < -0.4 is 5.32 Å². The van der Waals surface area contributed by atoms with E-state index >= 15 is 0 Å². The topological polar surface area (TPSA) is 52.5 Å². The minimum atomic E-state index is 0.718. The van der Waals surface area contributed by atoms with Crippen molar-refractivity contribution in [1.82, 2.24) is 4.98 Å². The van der Waals surface area contributed by atoms with E-state index in [1.807, 2.05) is 79.0 Å². The first kappa shape index (κ1) is 16.4. The van der Waals surface area contributed by atoms with Crippen LogP contribution in [0.4, 0.5) is 17.1 Å². The van der Waals surface area contributed by atoms with Crippen LogP contribution in [0.3, 0.4) is 0 Å². The van der Waals surface area contributed by atoms with Crippen LogP contribution in [0, 0.1) is 0 Å². The molecule has 0 unspecified atom stereocenters. The summed E-state index contributed by atoms with van der Waals surface area (Å²) in [5.41, 5.74) is 4.86. The number of azo groups is 1. The van der Waals surface area contributed by atoms with Crippen molar-refractivity contribution < 1.29 is 0 Å². The number of nitrogens with one attached hydrogen (secondary N) is 2. The summed E-state index contributed by atoms with van der Waals surface area (Å²) < 4.78 is 0. The highest BCUT2D eigenvalue weighted by molar-refractivity contribution is 6.30. The van der Waals surface area contributed by atoms with E-state index in [1.165, 1.54) is 5.56 Å². The molecule has 4 nitrogen and oxygen atoms in total. The van der Waals surface area contributed by atoms with Gasteiger partial charge in [0, 0.05) is 23.2 Å². The van der Waals surface area contributed by atoms with Crippen LogP contribution in [0.25, 0.3) is 10.9 Å². The molecular formula is C21H17ClN4. The number of hydrogen-bond acceptors (Lipinski definition) is 3. The molecule has 4 aromatic rings. The fourth-order valence-corrected chi connectivity index (χ4v) is 2.90. The molecule has 0 bridgehead atoms. The molecule has 5 heteroatoms. The van der Waals surface area contributed by atoms with Crippen molar-refractivity contribution in [3.8, 4) is 0 Å². The average molecular weight is 361 g/mol. The monoisotopic (exact) mass is 360 g/mol. The van der Waals surface area contributed by atoms with Crippen molar-refractivity contribution in [3.05, 3.63) is 89.6 Å². The Morgan fingerprint density at radius 1 is 0.846 bits per heavy atom. The number of nitrogens with zero attached hydrogens (tertiary/aromatic N) is 2. The van der Waals surface area contributed by atoms with Crippen LogP contribution in [-0.2, 0) is 6.54 Å². The standard InChI is InChI=1S/C21H17ClN4/c22-16-11-9-15(10-12-16)13-23-19-8-4-7-18-20(14-24-21(18)19)26-25-17-5-2-1-3-6-17/h1-12,14,23-24H,13H2/b26-25+. The van der Waals surface area contributed by atoms with Crippen molar-refractivity contribution in [1.29, 1.82) is 0 Å². The predicted octanol–water partition coefficient (Wildman–Crippen LogP) is 6.85. The number of aromatic nitrogens is 1. The third-order valence-electron chi connectivity index (χ3n) is 4.12. The quantitative estimate of drug-likeness (QED) is 0.376. The van der Waals surface area contributed by atoms with Gasteiger partial charge in [-0.15, -0.1) is 5.11 Å². The van der Waals surface area contributed by atoms with Gasteiger partial charge in [-0.2, -0.15) is 5.11 Å². The Balaban J connectivity index is 1.56. The molecule has 3 aromatic carbocycles. The zero-order chi connectivity index (χ0) is 17.8. The molecule has 0 saturated carbocycles. The first-order chi connectivity index (χ1) is 12.8. The second-order valence-corrected chi connectivity index (χ2v) is 6.35. The van der Waals surface area contributed by atoms with E-state index in [-0.39, 0.29) is 0 Å². The normalized spacial score (nSPS) is 11.3.